The van der Waals surface area contributed by atoms with Gasteiger partial charge in [0.05, 0.1) is 5.41 Å². The second-order valence-corrected chi connectivity index (χ2v) is 6.34. The van der Waals surface area contributed by atoms with Gasteiger partial charge in [-0.2, -0.15) is 0 Å². The van der Waals surface area contributed by atoms with Crippen molar-refractivity contribution >= 4 is 11.8 Å². The van der Waals surface area contributed by atoms with Crippen LogP contribution in [-0.2, 0) is 16.0 Å². The van der Waals surface area contributed by atoms with Crippen molar-refractivity contribution < 1.29 is 14.7 Å². The van der Waals surface area contributed by atoms with Gasteiger partial charge in [-0.05, 0) is 31.7 Å². The van der Waals surface area contributed by atoms with Gasteiger partial charge in [0.2, 0.25) is 0 Å². The lowest BCUT2D eigenvalue weighted by Crippen LogP contribution is -2.32. The summed E-state index contributed by atoms with van der Waals surface area (Å²) in [6.45, 7) is 7.62. The summed E-state index contributed by atoms with van der Waals surface area (Å²) < 4.78 is 0. The SMILES string of the molecule is Cc1ccc(CC(=O)CC(C)(CC(C)C)C(=O)O)cc1. The summed E-state index contributed by atoms with van der Waals surface area (Å²) in [5.41, 5.74) is 1.13. The zero-order valence-electron chi connectivity index (χ0n) is 12.8. The highest BCUT2D eigenvalue weighted by Gasteiger charge is 2.35. The van der Waals surface area contributed by atoms with Gasteiger partial charge >= 0.3 is 5.97 Å². The molecule has 1 aromatic carbocycles. The number of hydrogen-bond acceptors (Lipinski definition) is 2. The number of carbonyl (C=O) groups excluding carboxylic acids is 1. The van der Waals surface area contributed by atoms with E-state index in [1.807, 2.05) is 45.0 Å². The summed E-state index contributed by atoms with van der Waals surface area (Å²) in [4.78, 5) is 23.6. The largest absolute Gasteiger partial charge is 0.481 e. The van der Waals surface area contributed by atoms with Crippen LogP contribution < -0.4 is 0 Å². The summed E-state index contributed by atoms with van der Waals surface area (Å²) in [7, 11) is 0. The number of benzene rings is 1. The minimum absolute atomic E-state index is 0.0144. The summed E-state index contributed by atoms with van der Waals surface area (Å²) in [5, 5.41) is 9.38. The van der Waals surface area contributed by atoms with Gasteiger partial charge in [-0.3, -0.25) is 9.59 Å². The van der Waals surface area contributed by atoms with Gasteiger partial charge in [-0.15, -0.1) is 0 Å². The second-order valence-electron chi connectivity index (χ2n) is 6.34. The van der Waals surface area contributed by atoms with E-state index < -0.39 is 11.4 Å². The molecule has 1 N–H and O–H groups in total. The quantitative estimate of drug-likeness (QED) is 0.827. The minimum atomic E-state index is -0.962. The number of aliphatic carboxylic acids is 1. The Morgan fingerprint density at radius 3 is 2.20 bits per heavy atom. The molecule has 20 heavy (non-hydrogen) atoms. The van der Waals surface area contributed by atoms with Crippen LogP contribution in [0.25, 0.3) is 0 Å². The summed E-state index contributed by atoms with van der Waals surface area (Å²) in [6, 6.07) is 7.78. The van der Waals surface area contributed by atoms with E-state index in [1.54, 1.807) is 6.92 Å². The average Bonchev–Trinajstić information content (AvgIpc) is 2.30. The van der Waals surface area contributed by atoms with E-state index in [0.29, 0.717) is 12.8 Å². The Labute approximate surface area is 121 Å². The number of rotatable bonds is 7. The lowest BCUT2D eigenvalue weighted by Gasteiger charge is -2.26. The third-order valence-electron chi connectivity index (χ3n) is 3.48. The highest BCUT2D eigenvalue weighted by molar-refractivity contribution is 5.87. The van der Waals surface area contributed by atoms with E-state index in [9.17, 15) is 14.7 Å². The molecular weight excluding hydrogens is 252 g/mol. The standard InChI is InChI=1S/C17H24O3/c1-12(2)10-17(4,16(19)20)11-15(18)9-14-7-5-13(3)6-8-14/h5-8,12H,9-11H2,1-4H3,(H,19,20). The predicted octanol–water partition coefficient (Wildman–Crippen LogP) is 3.63. The molecule has 0 aliphatic carbocycles. The number of carbonyl (C=O) groups is 2. The van der Waals surface area contributed by atoms with Gasteiger partial charge in [0, 0.05) is 12.8 Å². The highest BCUT2D eigenvalue weighted by atomic mass is 16.4. The van der Waals surface area contributed by atoms with Crippen molar-refractivity contribution in [3.8, 4) is 0 Å². The number of aryl methyl sites for hydroxylation is 1. The monoisotopic (exact) mass is 276 g/mol. The minimum Gasteiger partial charge on any atom is -0.481 e. The molecule has 3 heteroatoms. The maximum Gasteiger partial charge on any atom is 0.309 e. The molecule has 0 radical (unpaired) electrons. The molecule has 0 saturated heterocycles. The Bertz CT molecular complexity index is 474. The lowest BCUT2D eigenvalue weighted by atomic mass is 9.77. The lowest BCUT2D eigenvalue weighted by molar-refractivity contribution is -0.151. The van der Waals surface area contributed by atoms with Gasteiger partial charge in [-0.1, -0.05) is 43.7 Å². The first-order valence-electron chi connectivity index (χ1n) is 7.03. The van der Waals surface area contributed by atoms with Gasteiger partial charge in [-0.25, -0.2) is 0 Å². The predicted molar refractivity (Wildman–Crippen MR) is 79.7 cm³/mol. The van der Waals surface area contributed by atoms with Gasteiger partial charge in [0.25, 0.3) is 0 Å². The molecule has 0 aromatic heterocycles. The van der Waals surface area contributed by atoms with Gasteiger partial charge in [0.15, 0.2) is 0 Å². The molecule has 0 aliphatic rings. The van der Waals surface area contributed by atoms with Crippen LogP contribution in [0.5, 0.6) is 0 Å². The Hall–Kier alpha value is -1.64. The van der Waals surface area contributed by atoms with Crippen molar-refractivity contribution in [3.63, 3.8) is 0 Å². The third kappa shape index (κ3) is 4.80. The van der Waals surface area contributed by atoms with Crippen molar-refractivity contribution in [2.75, 3.05) is 0 Å². The van der Waals surface area contributed by atoms with Crippen molar-refractivity contribution in [2.45, 2.75) is 47.0 Å². The Kier molecular flexibility index (Phi) is 5.49. The maximum absolute atomic E-state index is 12.1. The molecule has 3 nitrogen and oxygen atoms in total. The van der Waals surface area contributed by atoms with E-state index in [0.717, 1.165) is 11.1 Å². The smallest absolute Gasteiger partial charge is 0.309 e. The zero-order valence-corrected chi connectivity index (χ0v) is 12.8. The number of carboxylic acids is 1. The molecule has 0 amide bonds. The van der Waals surface area contributed by atoms with E-state index in [-0.39, 0.29) is 18.1 Å². The van der Waals surface area contributed by atoms with E-state index in [2.05, 4.69) is 0 Å². The molecule has 1 atom stereocenters. The molecule has 1 rings (SSSR count). The first-order chi connectivity index (χ1) is 9.23. The van der Waals surface area contributed by atoms with E-state index >= 15 is 0 Å². The van der Waals surface area contributed by atoms with Crippen LogP contribution in [-0.4, -0.2) is 16.9 Å². The molecule has 0 aliphatic heterocycles. The molecule has 0 fully saturated rings. The van der Waals surface area contributed by atoms with Crippen molar-refractivity contribution in [2.24, 2.45) is 11.3 Å². The first-order valence-corrected chi connectivity index (χ1v) is 7.03. The number of carboxylic acid groups (broad SMARTS) is 1. The maximum atomic E-state index is 12.1. The molecule has 0 spiro atoms. The van der Waals surface area contributed by atoms with E-state index in [4.69, 9.17) is 0 Å². The highest BCUT2D eigenvalue weighted by Crippen LogP contribution is 2.31. The van der Waals surface area contributed by atoms with Crippen LogP contribution in [0.15, 0.2) is 24.3 Å². The fourth-order valence-corrected chi connectivity index (χ4v) is 2.57. The topological polar surface area (TPSA) is 54.4 Å². The Balaban J connectivity index is 2.71. The summed E-state index contributed by atoms with van der Waals surface area (Å²) in [5.74, 6) is -0.647. The second kappa shape index (κ2) is 6.69. The number of Topliss-reactive ketones (excluding diaryl/α,β-unsaturated/α-hetero) is 1. The van der Waals surface area contributed by atoms with Crippen LogP contribution in [0.4, 0.5) is 0 Å². The van der Waals surface area contributed by atoms with Crippen LogP contribution in [0, 0.1) is 18.3 Å². The van der Waals surface area contributed by atoms with Crippen LogP contribution in [0.1, 0.15) is 44.7 Å². The molecule has 0 heterocycles. The molecule has 1 aromatic rings. The van der Waals surface area contributed by atoms with Crippen molar-refractivity contribution in [1.82, 2.24) is 0 Å². The molecule has 1 unspecified atom stereocenters. The van der Waals surface area contributed by atoms with Crippen molar-refractivity contribution in [1.29, 1.82) is 0 Å². The summed E-state index contributed by atoms with van der Waals surface area (Å²) >= 11 is 0. The fourth-order valence-electron chi connectivity index (χ4n) is 2.57. The van der Waals surface area contributed by atoms with E-state index in [1.165, 1.54) is 0 Å². The summed E-state index contributed by atoms with van der Waals surface area (Å²) in [6.07, 6.45) is 0.914. The van der Waals surface area contributed by atoms with Crippen LogP contribution in [0.3, 0.4) is 0 Å². The molecule has 0 saturated carbocycles. The average molecular weight is 276 g/mol. The zero-order chi connectivity index (χ0) is 15.3. The number of ketones is 1. The molecule has 0 bridgehead atoms. The fraction of sp³-hybridized carbons (Fsp3) is 0.529. The normalized spacial score (nSPS) is 14.1. The Morgan fingerprint density at radius 1 is 1.20 bits per heavy atom. The Morgan fingerprint density at radius 2 is 1.75 bits per heavy atom. The van der Waals surface area contributed by atoms with Gasteiger partial charge < -0.3 is 5.11 Å². The third-order valence-corrected chi connectivity index (χ3v) is 3.48. The van der Waals surface area contributed by atoms with Crippen LogP contribution in [0.2, 0.25) is 0 Å². The first kappa shape index (κ1) is 16.4. The van der Waals surface area contributed by atoms with Crippen molar-refractivity contribution in [3.05, 3.63) is 35.4 Å². The number of hydrogen-bond donors (Lipinski definition) is 1. The van der Waals surface area contributed by atoms with Gasteiger partial charge in [0.1, 0.15) is 5.78 Å². The molecule has 110 valence electrons. The van der Waals surface area contributed by atoms with Crippen LogP contribution >= 0.6 is 0 Å². The molecular formula is C17H24O3.